The van der Waals surface area contributed by atoms with Crippen molar-refractivity contribution in [3.8, 4) is 11.4 Å². The highest BCUT2D eigenvalue weighted by molar-refractivity contribution is 14.1. The van der Waals surface area contributed by atoms with E-state index in [9.17, 15) is 4.39 Å². The van der Waals surface area contributed by atoms with Gasteiger partial charge in [-0.1, -0.05) is 11.6 Å². The van der Waals surface area contributed by atoms with Gasteiger partial charge in [0.1, 0.15) is 11.6 Å². The van der Waals surface area contributed by atoms with E-state index >= 15 is 0 Å². The van der Waals surface area contributed by atoms with Crippen molar-refractivity contribution >= 4 is 40.0 Å². The van der Waals surface area contributed by atoms with Crippen LogP contribution in [-0.4, -0.2) is 23.6 Å². The van der Waals surface area contributed by atoms with Gasteiger partial charge in [-0.15, -0.1) is 0 Å². The molecule has 21 heavy (non-hydrogen) atoms. The average molecular weight is 422 g/mol. The predicted molar refractivity (Wildman–Crippen MR) is 90.0 cm³/mol. The third-order valence-corrected chi connectivity index (χ3v) is 4.16. The minimum absolute atomic E-state index is 0.0771. The van der Waals surface area contributed by atoms with Crippen molar-refractivity contribution in [1.82, 2.24) is 9.97 Å². The molecule has 0 unspecified atom stereocenters. The fourth-order valence-corrected chi connectivity index (χ4v) is 2.48. The van der Waals surface area contributed by atoms with Crippen LogP contribution < -0.4 is 5.32 Å². The largest absolute Gasteiger partial charge is 0.378 e. The lowest BCUT2D eigenvalue weighted by molar-refractivity contribution is 0.181. The Balaban J connectivity index is 2.53. The van der Waals surface area contributed by atoms with Gasteiger partial charge in [0, 0.05) is 19.2 Å². The summed E-state index contributed by atoms with van der Waals surface area (Å²) in [6, 6.07) is 4.52. The molecular weight excluding hydrogens is 408 g/mol. The molecule has 112 valence electrons. The number of hydrogen-bond donors (Lipinski definition) is 1. The number of rotatable bonds is 5. The fourth-order valence-electron chi connectivity index (χ4n) is 1.77. The molecule has 1 heterocycles. The molecular formula is C14H14ClFIN3O. The van der Waals surface area contributed by atoms with Crippen molar-refractivity contribution in [3.05, 3.63) is 38.3 Å². The Bertz CT molecular complexity index is 627. The first-order valence-corrected chi connectivity index (χ1v) is 7.77. The highest BCUT2D eigenvalue weighted by Gasteiger charge is 2.14. The van der Waals surface area contributed by atoms with E-state index in [0.717, 1.165) is 15.8 Å². The molecule has 0 aliphatic carbocycles. The lowest BCUT2D eigenvalue weighted by Gasteiger charge is -2.12. The van der Waals surface area contributed by atoms with Crippen molar-refractivity contribution < 1.29 is 9.13 Å². The number of anilines is 1. The van der Waals surface area contributed by atoms with Gasteiger partial charge < -0.3 is 10.1 Å². The maximum atomic E-state index is 13.6. The molecule has 0 spiro atoms. The lowest BCUT2D eigenvalue weighted by Crippen LogP contribution is -2.08. The van der Waals surface area contributed by atoms with E-state index in [1.807, 2.05) is 6.92 Å². The van der Waals surface area contributed by atoms with Crippen molar-refractivity contribution in [3.63, 3.8) is 0 Å². The zero-order valence-corrected chi connectivity index (χ0v) is 14.5. The number of nitrogens with one attached hydrogen (secondary N) is 1. The van der Waals surface area contributed by atoms with Crippen LogP contribution in [0.3, 0.4) is 0 Å². The standard InChI is InChI=1S/C14H14ClFIN3O/c1-3-18-14-12(17)11(7-21-2)19-13(20-14)8-4-5-9(15)10(16)6-8/h4-6H,3,7H2,1-2H3,(H,18,19,20). The van der Waals surface area contributed by atoms with Crippen LogP contribution >= 0.6 is 34.2 Å². The lowest BCUT2D eigenvalue weighted by atomic mass is 10.2. The molecule has 0 saturated carbocycles. The number of methoxy groups -OCH3 is 1. The van der Waals surface area contributed by atoms with Crippen molar-refractivity contribution in [1.29, 1.82) is 0 Å². The molecule has 0 fully saturated rings. The van der Waals surface area contributed by atoms with Gasteiger partial charge in [-0.25, -0.2) is 14.4 Å². The highest BCUT2D eigenvalue weighted by atomic mass is 127. The zero-order chi connectivity index (χ0) is 15.4. The molecule has 1 aromatic heterocycles. The molecule has 0 atom stereocenters. The smallest absolute Gasteiger partial charge is 0.162 e. The summed E-state index contributed by atoms with van der Waals surface area (Å²) in [5.74, 6) is 0.661. The number of nitrogens with zero attached hydrogens (tertiary/aromatic N) is 2. The van der Waals surface area contributed by atoms with Crippen LogP contribution in [0.1, 0.15) is 12.6 Å². The number of aromatic nitrogens is 2. The monoisotopic (exact) mass is 421 g/mol. The molecule has 0 bridgehead atoms. The average Bonchev–Trinajstić information content (AvgIpc) is 2.46. The maximum Gasteiger partial charge on any atom is 0.162 e. The topological polar surface area (TPSA) is 47.0 Å². The van der Waals surface area contributed by atoms with Gasteiger partial charge >= 0.3 is 0 Å². The Hall–Kier alpha value is -0.990. The molecule has 0 radical (unpaired) electrons. The first-order chi connectivity index (χ1) is 10.1. The van der Waals surface area contributed by atoms with Gasteiger partial charge in [0.2, 0.25) is 0 Å². The summed E-state index contributed by atoms with van der Waals surface area (Å²) < 4.78 is 19.7. The van der Waals surface area contributed by atoms with E-state index < -0.39 is 5.82 Å². The summed E-state index contributed by atoms with van der Waals surface area (Å²) in [5.41, 5.74) is 1.33. The van der Waals surface area contributed by atoms with Crippen molar-refractivity contribution in [2.45, 2.75) is 13.5 Å². The van der Waals surface area contributed by atoms with Gasteiger partial charge in [0.15, 0.2) is 5.82 Å². The van der Waals surface area contributed by atoms with Crippen LogP contribution in [0.15, 0.2) is 18.2 Å². The fraction of sp³-hybridized carbons (Fsp3) is 0.286. The Morgan fingerprint density at radius 3 is 2.76 bits per heavy atom. The SMILES string of the molecule is CCNc1nc(-c2ccc(Cl)c(F)c2)nc(COC)c1I. The molecule has 7 heteroatoms. The van der Waals surface area contributed by atoms with E-state index in [4.69, 9.17) is 16.3 Å². The van der Waals surface area contributed by atoms with Crippen molar-refractivity contribution in [2.75, 3.05) is 19.0 Å². The van der Waals surface area contributed by atoms with Gasteiger partial charge in [0.05, 0.1) is 20.9 Å². The van der Waals surface area contributed by atoms with Crippen LogP contribution in [-0.2, 0) is 11.3 Å². The number of halogens is 3. The maximum absolute atomic E-state index is 13.6. The van der Waals surface area contributed by atoms with E-state index in [1.54, 1.807) is 13.2 Å². The molecule has 0 aliphatic rings. The van der Waals surface area contributed by atoms with E-state index in [2.05, 4.69) is 37.9 Å². The van der Waals surface area contributed by atoms with Crippen molar-refractivity contribution in [2.24, 2.45) is 0 Å². The van der Waals surface area contributed by atoms with Crippen LogP contribution in [0, 0.1) is 9.39 Å². The highest BCUT2D eigenvalue weighted by Crippen LogP contribution is 2.26. The summed E-state index contributed by atoms with van der Waals surface area (Å²) in [6.07, 6.45) is 0. The molecule has 0 saturated heterocycles. The summed E-state index contributed by atoms with van der Waals surface area (Å²) in [7, 11) is 1.60. The molecule has 1 aromatic carbocycles. The summed E-state index contributed by atoms with van der Waals surface area (Å²) in [5, 5.41) is 3.25. The molecule has 2 aromatic rings. The minimum atomic E-state index is -0.491. The predicted octanol–water partition coefficient (Wildman–Crippen LogP) is 4.12. The molecule has 0 amide bonds. The van der Waals surface area contributed by atoms with Crippen LogP contribution in [0.25, 0.3) is 11.4 Å². The van der Waals surface area contributed by atoms with Gasteiger partial charge in [-0.3, -0.25) is 0 Å². The normalized spacial score (nSPS) is 10.7. The van der Waals surface area contributed by atoms with E-state index in [1.165, 1.54) is 12.1 Å². The van der Waals surface area contributed by atoms with Crippen LogP contribution in [0.4, 0.5) is 10.2 Å². The van der Waals surface area contributed by atoms with Gasteiger partial charge in [0.25, 0.3) is 0 Å². The van der Waals surface area contributed by atoms with Crippen LogP contribution in [0.2, 0.25) is 5.02 Å². The summed E-state index contributed by atoms with van der Waals surface area (Å²) in [6.45, 7) is 3.08. The quantitative estimate of drug-likeness (QED) is 0.738. The second-order valence-electron chi connectivity index (χ2n) is 4.25. The summed E-state index contributed by atoms with van der Waals surface area (Å²) >= 11 is 7.88. The third kappa shape index (κ3) is 3.81. The van der Waals surface area contributed by atoms with Gasteiger partial charge in [-0.2, -0.15) is 0 Å². The van der Waals surface area contributed by atoms with Crippen LogP contribution in [0.5, 0.6) is 0 Å². The first kappa shape index (κ1) is 16.4. The number of ether oxygens (including phenoxy) is 1. The molecule has 0 aliphatic heterocycles. The Morgan fingerprint density at radius 2 is 2.14 bits per heavy atom. The van der Waals surface area contributed by atoms with E-state index in [0.29, 0.717) is 23.8 Å². The number of hydrogen-bond acceptors (Lipinski definition) is 4. The minimum Gasteiger partial charge on any atom is -0.378 e. The second kappa shape index (κ2) is 7.33. The zero-order valence-electron chi connectivity index (χ0n) is 11.6. The Morgan fingerprint density at radius 1 is 1.38 bits per heavy atom. The molecule has 4 nitrogen and oxygen atoms in total. The Labute approximate surface area is 141 Å². The Kier molecular flexibility index (Phi) is 5.72. The molecule has 1 N–H and O–H groups in total. The second-order valence-corrected chi connectivity index (χ2v) is 5.73. The van der Waals surface area contributed by atoms with Gasteiger partial charge in [-0.05, 0) is 47.7 Å². The number of benzene rings is 1. The summed E-state index contributed by atoms with van der Waals surface area (Å²) in [4.78, 5) is 8.90. The molecule has 2 rings (SSSR count). The first-order valence-electron chi connectivity index (χ1n) is 6.31. The van der Waals surface area contributed by atoms with E-state index in [-0.39, 0.29) is 5.02 Å². The third-order valence-electron chi connectivity index (χ3n) is 2.72.